The lowest BCUT2D eigenvalue weighted by molar-refractivity contribution is 0.0474. The van der Waals surface area contributed by atoms with Gasteiger partial charge in [0.15, 0.2) is 0 Å². The number of aryl methyl sites for hydroxylation is 1. The average molecular weight is 454 g/mol. The molecule has 0 aliphatic rings. The van der Waals surface area contributed by atoms with Crippen LogP contribution in [0.2, 0.25) is 0 Å². The van der Waals surface area contributed by atoms with Gasteiger partial charge in [-0.05, 0) is 55.0 Å². The third-order valence-electron chi connectivity index (χ3n) is 5.42. The van der Waals surface area contributed by atoms with Gasteiger partial charge in [0.25, 0.3) is 0 Å². The van der Waals surface area contributed by atoms with E-state index in [9.17, 15) is 14.0 Å². The monoisotopic (exact) mass is 454 g/mol. The highest BCUT2D eigenvalue weighted by Gasteiger charge is 2.21. The molecule has 0 saturated heterocycles. The topological polar surface area (TPSA) is 74.3 Å². The number of fused-ring (bicyclic) bond motifs is 1. The van der Waals surface area contributed by atoms with Gasteiger partial charge in [-0.2, -0.15) is 5.10 Å². The summed E-state index contributed by atoms with van der Waals surface area (Å²) in [7, 11) is 0. The van der Waals surface area contributed by atoms with Crippen molar-refractivity contribution in [3.63, 3.8) is 0 Å². The lowest BCUT2D eigenvalue weighted by Crippen LogP contribution is -2.08. The summed E-state index contributed by atoms with van der Waals surface area (Å²) in [6, 6.07) is 21.8. The van der Waals surface area contributed by atoms with Crippen molar-refractivity contribution in [3.05, 3.63) is 118 Å². The zero-order chi connectivity index (χ0) is 23.7. The second-order valence-corrected chi connectivity index (χ2v) is 7.84. The molecule has 0 N–H and O–H groups in total. The highest BCUT2D eigenvalue weighted by Crippen LogP contribution is 2.26. The number of carbonyl (C=O) groups excluding carboxylic acids is 1. The van der Waals surface area contributed by atoms with Gasteiger partial charge in [-0.15, -0.1) is 0 Å². The summed E-state index contributed by atoms with van der Waals surface area (Å²) in [5, 5.41) is 5.25. The molecule has 168 valence electrons. The van der Waals surface area contributed by atoms with E-state index in [1.165, 1.54) is 18.2 Å². The molecule has 3 aromatic carbocycles. The Labute approximate surface area is 193 Å². The normalized spacial score (nSPS) is 11.0. The van der Waals surface area contributed by atoms with E-state index in [0.29, 0.717) is 27.8 Å². The molecule has 2 aromatic heterocycles. The van der Waals surface area contributed by atoms with E-state index in [2.05, 4.69) is 5.10 Å². The van der Waals surface area contributed by atoms with Crippen molar-refractivity contribution in [1.29, 1.82) is 0 Å². The van der Waals surface area contributed by atoms with Crippen molar-refractivity contribution >= 4 is 16.9 Å². The fraction of sp³-hybridized carbons (Fsp3) is 0.0741. The van der Waals surface area contributed by atoms with Crippen LogP contribution in [0.25, 0.3) is 27.9 Å². The number of nitrogens with zero attached hydrogens (tertiary/aromatic N) is 2. The van der Waals surface area contributed by atoms with E-state index in [-0.39, 0.29) is 18.0 Å². The molecule has 0 unspecified atom stereocenters. The van der Waals surface area contributed by atoms with Crippen LogP contribution in [0.5, 0.6) is 0 Å². The molecule has 5 rings (SSSR count). The molecule has 7 heteroatoms. The lowest BCUT2D eigenvalue weighted by Gasteiger charge is -2.08. The van der Waals surface area contributed by atoms with Crippen molar-refractivity contribution in [2.75, 3.05) is 0 Å². The number of para-hydroxylation sites is 1. The van der Waals surface area contributed by atoms with Crippen LogP contribution in [0.3, 0.4) is 0 Å². The molecule has 6 nitrogen and oxygen atoms in total. The van der Waals surface area contributed by atoms with Crippen LogP contribution >= 0.6 is 0 Å². The number of esters is 1. The predicted octanol–water partition coefficient (Wildman–Crippen LogP) is 5.45. The second-order valence-electron chi connectivity index (χ2n) is 7.84. The summed E-state index contributed by atoms with van der Waals surface area (Å²) in [6.45, 7) is 1.77. The number of hydrogen-bond donors (Lipinski definition) is 0. The van der Waals surface area contributed by atoms with E-state index in [4.69, 9.17) is 9.15 Å². The van der Waals surface area contributed by atoms with Crippen LogP contribution in [0.1, 0.15) is 21.5 Å². The van der Waals surface area contributed by atoms with Crippen molar-refractivity contribution in [2.24, 2.45) is 0 Å². The van der Waals surface area contributed by atoms with Gasteiger partial charge in [0.1, 0.15) is 29.3 Å². The van der Waals surface area contributed by atoms with Gasteiger partial charge in [-0.3, -0.25) is 0 Å². The molecule has 0 saturated carbocycles. The second kappa shape index (κ2) is 8.78. The van der Waals surface area contributed by atoms with E-state index < -0.39 is 11.6 Å². The van der Waals surface area contributed by atoms with E-state index >= 15 is 0 Å². The van der Waals surface area contributed by atoms with Crippen LogP contribution in [-0.4, -0.2) is 15.7 Å². The Hall–Kier alpha value is -4.52. The van der Waals surface area contributed by atoms with Crippen molar-refractivity contribution in [2.45, 2.75) is 13.5 Å². The summed E-state index contributed by atoms with van der Waals surface area (Å²) >= 11 is 0. The zero-order valence-electron chi connectivity index (χ0n) is 18.2. The number of benzene rings is 3. The van der Waals surface area contributed by atoms with Gasteiger partial charge in [-0.25, -0.2) is 18.7 Å². The Balaban J connectivity index is 1.50. The van der Waals surface area contributed by atoms with Crippen molar-refractivity contribution in [3.8, 4) is 16.9 Å². The van der Waals surface area contributed by atoms with E-state index in [1.54, 1.807) is 29.1 Å². The first-order chi connectivity index (χ1) is 16.5. The fourth-order valence-electron chi connectivity index (χ4n) is 3.73. The number of aromatic nitrogens is 2. The highest BCUT2D eigenvalue weighted by atomic mass is 19.1. The summed E-state index contributed by atoms with van der Waals surface area (Å²) in [5.74, 6) is -1.00. The van der Waals surface area contributed by atoms with Gasteiger partial charge in [0.2, 0.25) is 0 Å². The standard InChI is InChI=1S/C27H19FN2O4/c1-17-7-12-22-19(14-25(31)34-24(22)13-17)16-33-27(32)23-15-30(21-5-3-2-4-6-21)29-26(23)18-8-10-20(28)11-9-18/h2-15H,16H2,1H3. The third kappa shape index (κ3) is 4.23. The van der Waals surface area contributed by atoms with Crippen molar-refractivity contribution < 1.29 is 18.3 Å². The number of hydrogen-bond acceptors (Lipinski definition) is 5. The smallest absolute Gasteiger partial charge is 0.342 e. The quantitative estimate of drug-likeness (QED) is 0.261. The fourth-order valence-corrected chi connectivity index (χ4v) is 3.73. The minimum atomic E-state index is -0.616. The molecular formula is C27H19FN2O4. The minimum Gasteiger partial charge on any atom is -0.457 e. The Bertz CT molecular complexity index is 1550. The molecule has 0 fully saturated rings. The third-order valence-corrected chi connectivity index (χ3v) is 5.42. The maximum Gasteiger partial charge on any atom is 0.342 e. The predicted molar refractivity (Wildman–Crippen MR) is 125 cm³/mol. The van der Waals surface area contributed by atoms with Crippen LogP contribution in [-0.2, 0) is 11.3 Å². The first kappa shape index (κ1) is 21.3. The van der Waals surface area contributed by atoms with E-state index in [0.717, 1.165) is 11.3 Å². The van der Waals surface area contributed by atoms with Crippen LogP contribution in [0.15, 0.2) is 94.3 Å². The molecule has 0 aliphatic heterocycles. The van der Waals surface area contributed by atoms with Crippen LogP contribution in [0, 0.1) is 12.7 Å². The SMILES string of the molecule is Cc1ccc2c(COC(=O)c3cn(-c4ccccc4)nc3-c3ccc(F)cc3)cc(=O)oc2c1. The number of rotatable bonds is 5. The molecule has 0 radical (unpaired) electrons. The Morgan fingerprint density at radius 3 is 2.56 bits per heavy atom. The maximum atomic E-state index is 13.5. The summed E-state index contributed by atoms with van der Waals surface area (Å²) < 4.78 is 25.9. The van der Waals surface area contributed by atoms with Gasteiger partial charge in [0.05, 0.1) is 5.69 Å². The summed E-state index contributed by atoms with van der Waals surface area (Å²) in [4.78, 5) is 25.2. The average Bonchev–Trinajstić information content (AvgIpc) is 3.28. The van der Waals surface area contributed by atoms with Gasteiger partial charge >= 0.3 is 11.6 Å². The number of carbonyl (C=O) groups is 1. The molecular weight excluding hydrogens is 435 g/mol. The van der Waals surface area contributed by atoms with Crippen LogP contribution in [0.4, 0.5) is 4.39 Å². The molecule has 0 aliphatic carbocycles. The Morgan fingerprint density at radius 2 is 1.79 bits per heavy atom. The molecule has 34 heavy (non-hydrogen) atoms. The first-order valence-electron chi connectivity index (χ1n) is 10.6. The largest absolute Gasteiger partial charge is 0.457 e. The van der Waals surface area contributed by atoms with Gasteiger partial charge in [-0.1, -0.05) is 30.3 Å². The van der Waals surface area contributed by atoms with E-state index in [1.807, 2.05) is 49.4 Å². The molecule has 0 amide bonds. The number of ether oxygens (including phenoxy) is 1. The Kier molecular flexibility index (Phi) is 5.51. The van der Waals surface area contributed by atoms with Crippen molar-refractivity contribution in [1.82, 2.24) is 9.78 Å². The lowest BCUT2D eigenvalue weighted by atomic mass is 10.1. The first-order valence-corrected chi connectivity index (χ1v) is 10.6. The molecule has 5 aromatic rings. The Morgan fingerprint density at radius 1 is 1.03 bits per heavy atom. The summed E-state index contributed by atoms with van der Waals surface area (Å²) in [6.07, 6.45) is 1.58. The zero-order valence-corrected chi connectivity index (χ0v) is 18.2. The van der Waals surface area contributed by atoms with Crippen LogP contribution < -0.4 is 5.63 Å². The highest BCUT2D eigenvalue weighted by molar-refractivity contribution is 5.96. The molecule has 0 spiro atoms. The maximum absolute atomic E-state index is 13.5. The van der Waals surface area contributed by atoms with Gasteiger partial charge < -0.3 is 9.15 Å². The molecule has 0 atom stereocenters. The van der Waals surface area contributed by atoms with Gasteiger partial charge in [0, 0.05) is 28.8 Å². The molecule has 0 bridgehead atoms. The molecule has 2 heterocycles. The summed E-state index contributed by atoms with van der Waals surface area (Å²) in [5.41, 5.74) is 3.31. The number of halogens is 1. The minimum absolute atomic E-state index is 0.122.